The van der Waals surface area contributed by atoms with E-state index in [0.717, 1.165) is 12.8 Å². The quantitative estimate of drug-likeness (QED) is 0.810. The molecular weight excluding hydrogens is 228 g/mol. The third-order valence-electron chi connectivity index (χ3n) is 2.51. The number of nitrogens with zero attached hydrogens (tertiary/aromatic N) is 2. The molecule has 1 heterocycles. The first-order valence-electron chi connectivity index (χ1n) is 5.95. The molecule has 2 aromatic rings. The second-order valence-electron chi connectivity index (χ2n) is 3.87. The molecule has 0 bridgehead atoms. The highest BCUT2D eigenvalue weighted by molar-refractivity contribution is 5.44. The summed E-state index contributed by atoms with van der Waals surface area (Å²) in [5, 5.41) is 0. The lowest BCUT2D eigenvalue weighted by Crippen LogP contribution is -1.95. The van der Waals surface area contributed by atoms with Gasteiger partial charge in [0.2, 0.25) is 0 Å². The largest absolute Gasteiger partial charge is 0.493 e. The van der Waals surface area contributed by atoms with Crippen molar-refractivity contribution in [1.82, 2.24) is 9.97 Å². The van der Waals surface area contributed by atoms with Crippen molar-refractivity contribution < 1.29 is 9.47 Å². The second-order valence-corrected chi connectivity index (χ2v) is 3.87. The van der Waals surface area contributed by atoms with Gasteiger partial charge in [0.1, 0.15) is 0 Å². The third-order valence-corrected chi connectivity index (χ3v) is 2.51. The normalized spacial score (nSPS) is 10.1. The molecule has 0 saturated carbocycles. The van der Waals surface area contributed by atoms with Gasteiger partial charge in [-0.2, -0.15) is 0 Å². The highest BCUT2D eigenvalue weighted by Gasteiger charge is 2.07. The minimum Gasteiger partial charge on any atom is -0.493 e. The predicted molar refractivity (Wildman–Crippen MR) is 69.1 cm³/mol. The summed E-state index contributed by atoms with van der Waals surface area (Å²) in [5.41, 5.74) is 1.23. The van der Waals surface area contributed by atoms with Gasteiger partial charge in [0.15, 0.2) is 11.5 Å². The second kappa shape index (κ2) is 6.00. The summed E-state index contributed by atoms with van der Waals surface area (Å²) in [6.07, 6.45) is 5.41. The molecule has 0 unspecified atom stereocenters. The van der Waals surface area contributed by atoms with E-state index in [1.165, 1.54) is 5.56 Å². The monoisotopic (exact) mass is 244 g/mol. The van der Waals surface area contributed by atoms with Gasteiger partial charge >= 0.3 is 6.01 Å². The minimum atomic E-state index is 0.319. The van der Waals surface area contributed by atoms with E-state index in [2.05, 4.69) is 16.9 Å². The Morgan fingerprint density at radius 1 is 1.11 bits per heavy atom. The average Bonchev–Trinajstić information content (AvgIpc) is 2.42. The number of methoxy groups -OCH3 is 1. The van der Waals surface area contributed by atoms with Gasteiger partial charge in [0.05, 0.1) is 7.11 Å². The summed E-state index contributed by atoms with van der Waals surface area (Å²) in [4.78, 5) is 8.04. The van der Waals surface area contributed by atoms with Crippen molar-refractivity contribution in [3.63, 3.8) is 0 Å². The molecule has 0 atom stereocenters. The Labute approximate surface area is 107 Å². The van der Waals surface area contributed by atoms with Crippen molar-refractivity contribution in [2.24, 2.45) is 0 Å². The van der Waals surface area contributed by atoms with Crippen molar-refractivity contribution in [3.05, 3.63) is 42.2 Å². The van der Waals surface area contributed by atoms with Crippen LogP contribution in [0, 0.1) is 0 Å². The smallest absolute Gasteiger partial charge is 0.321 e. The van der Waals surface area contributed by atoms with Crippen LogP contribution >= 0.6 is 0 Å². The molecule has 0 saturated heterocycles. The molecule has 0 aliphatic carbocycles. The van der Waals surface area contributed by atoms with Gasteiger partial charge in [-0.15, -0.1) is 0 Å². The van der Waals surface area contributed by atoms with E-state index >= 15 is 0 Å². The van der Waals surface area contributed by atoms with Gasteiger partial charge in [-0.25, -0.2) is 9.97 Å². The first kappa shape index (κ1) is 12.4. The fraction of sp³-hybridized carbons (Fsp3) is 0.286. The van der Waals surface area contributed by atoms with Crippen LogP contribution in [0.3, 0.4) is 0 Å². The van der Waals surface area contributed by atoms with E-state index in [0.29, 0.717) is 17.5 Å². The lowest BCUT2D eigenvalue weighted by Gasteiger charge is -2.10. The Bertz CT molecular complexity index is 500. The molecule has 0 aliphatic heterocycles. The lowest BCUT2D eigenvalue weighted by molar-refractivity contribution is 0.367. The number of ether oxygens (including phenoxy) is 2. The Kier molecular flexibility index (Phi) is 4.12. The maximum atomic E-state index is 5.59. The standard InChI is InChI=1S/C14H16N2O2/c1-3-5-11-6-7-12(13(10-11)17-2)18-14-15-8-4-9-16-14/h4,6-10H,3,5H2,1-2H3. The van der Waals surface area contributed by atoms with Crippen molar-refractivity contribution in [2.75, 3.05) is 7.11 Å². The number of aromatic nitrogens is 2. The predicted octanol–water partition coefficient (Wildman–Crippen LogP) is 3.23. The van der Waals surface area contributed by atoms with E-state index in [1.807, 2.05) is 18.2 Å². The number of benzene rings is 1. The SMILES string of the molecule is CCCc1ccc(Oc2ncccn2)c(OC)c1. The molecule has 4 nitrogen and oxygen atoms in total. The molecule has 0 aliphatic rings. The summed E-state index contributed by atoms with van der Waals surface area (Å²) in [6.45, 7) is 2.15. The fourth-order valence-corrected chi connectivity index (χ4v) is 1.68. The van der Waals surface area contributed by atoms with E-state index in [4.69, 9.17) is 9.47 Å². The topological polar surface area (TPSA) is 44.2 Å². The van der Waals surface area contributed by atoms with Crippen molar-refractivity contribution in [2.45, 2.75) is 19.8 Å². The number of aryl methyl sites for hydroxylation is 1. The third kappa shape index (κ3) is 2.97. The van der Waals surface area contributed by atoms with Crippen LogP contribution in [-0.4, -0.2) is 17.1 Å². The van der Waals surface area contributed by atoms with Crippen molar-refractivity contribution in [3.8, 4) is 17.5 Å². The highest BCUT2D eigenvalue weighted by atomic mass is 16.5. The van der Waals surface area contributed by atoms with Gasteiger partial charge in [0, 0.05) is 12.4 Å². The first-order chi connectivity index (χ1) is 8.83. The zero-order valence-electron chi connectivity index (χ0n) is 10.6. The van der Waals surface area contributed by atoms with Gasteiger partial charge in [-0.05, 0) is 30.2 Å². The van der Waals surface area contributed by atoms with Gasteiger partial charge in [-0.3, -0.25) is 0 Å². The van der Waals surface area contributed by atoms with Crippen LogP contribution < -0.4 is 9.47 Å². The first-order valence-corrected chi connectivity index (χ1v) is 5.95. The van der Waals surface area contributed by atoms with Crippen LogP contribution in [0.5, 0.6) is 17.5 Å². The molecule has 0 amide bonds. The van der Waals surface area contributed by atoms with Gasteiger partial charge in [0.25, 0.3) is 0 Å². The Balaban J connectivity index is 2.22. The fourth-order valence-electron chi connectivity index (χ4n) is 1.68. The molecular formula is C14H16N2O2. The molecule has 0 radical (unpaired) electrons. The Morgan fingerprint density at radius 2 is 1.89 bits per heavy atom. The van der Waals surface area contributed by atoms with Gasteiger partial charge in [-0.1, -0.05) is 19.4 Å². The Morgan fingerprint density at radius 3 is 2.56 bits per heavy atom. The number of rotatable bonds is 5. The zero-order chi connectivity index (χ0) is 12.8. The Hall–Kier alpha value is -2.10. The van der Waals surface area contributed by atoms with Crippen LogP contribution in [0.25, 0.3) is 0 Å². The van der Waals surface area contributed by atoms with Crippen LogP contribution in [0.1, 0.15) is 18.9 Å². The molecule has 0 fully saturated rings. The van der Waals surface area contributed by atoms with E-state index in [-0.39, 0.29) is 0 Å². The average molecular weight is 244 g/mol. The van der Waals surface area contributed by atoms with Crippen molar-refractivity contribution >= 4 is 0 Å². The van der Waals surface area contributed by atoms with Crippen LogP contribution in [0.2, 0.25) is 0 Å². The summed E-state index contributed by atoms with van der Waals surface area (Å²) < 4.78 is 10.9. The number of hydrogen-bond acceptors (Lipinski definition) is 4. The minimum absolute atomic E-state index is 0.319. The molecule has 0 N–H and O–H groups in total. The molecule has 94 valence electrons. The molecule has 2 rings (SSSR count). The van der Waals surface area contributed by atoms with E-state index in [1.54, 1.807) is 25.6 Å². The molecule has 1 aromatic carbocycles. The summed E-state index contributed by atoms with van der Waals surface area (Å²) in [6, 6.07) is 7.97. The molecule has 4 heteroatoms. The highest BCUT2D eigenvalue weighted by Crippen LogP contribution is 2.31. The van der Waals surface area contributed by atoms with Crippen LogP contribution in [0.4, 0.5) is 0 Å². The zero-order valence-corrected chi connectivity index (χ0v) is 10.6. The van der Waals surface area contributed by atoms with Crippen LogP contribution in [-0.2, 0) is 6.42 Å². The number of hydrogen-bond donors (Lipinski definition) is 0. The summed E-state index contributed by atoms with van der Waals surface area (Å²) >= 11 is 0. The molecule has 0 spiro atoms. The molecule has 18 heavy (non-hydrogen) atoms. The van der Waals surface area contributed by atoms with Crippen molar-refractivity contribution in [1.29, 1.82) is 0 Å². The molecule has 1 aromatic heterocycles. The van der Waals surface area contributed by atoms with E-state index < -0.39 is 0 Å². The van der Waals surface area contributed by atoms with E-state index in [9.17, 15) is 0 Å². The maximum absolute atomic E-state index is 5.59. The lowest BCUT2D eigenvalue weighted by atomic mass is 10.1. The summed E-state index contributed by atoms with van der Waals surface area (Å²) in [7, 11) is 1.63. The maximum Gasteiger partial charge on any atom is 0.321 e. The van der Waals surface area contributed by atoms with Crippen LogP contribution in [0.15, 0.2) is 36.7 Å². The summed E-state index contributed by atoms with van der Waals surface area (Å²) in [5.74, 6) is 1.33. The van der Waals surface area contributed by atoms with Gasteiger partial charge < -0.3 is 9.47 Å².